The molecule has 2 aromatic heterocycles. The number of carboxylic acid groups (broad SMARTS) is 1. The number of allylic oxidation sites excluding steroid dienone is 1. The van der Waals surface area contributed by atoms with Crippen LogP contribution in [0.15, 0.2) is 55.6 Å². The average Bonchev–Trinajstić information content (AvgIpc) is 3.32. The van der Waals surface area contributed by atoms with Crippen molar-refractivity contribution in [1.29, 1.82) is 0 Å². The number of anilines is 2. The average molecular weight is 562 g/mol. The van der Waals surface area contributed by atoms with Crippen LogP contribution in [0, 0.1) is 6.92 Å². The lowest BCUT2D eigenvalue weighted by atomic mass is 9.92. The van der Waals surface area contributed by atoms with Crippen molar-refractivity contribution in [3.8, 4) is 0 Å². The van der Waals surface area contributed by atoms with E-state index in [1.165, 1.54) is 0 Å². The number of aromatic nitrogens is 3. The van der Waals surface area contributed by atoms with Gasteiger partial charge in [0, 0.05) is 30.5 Å². The van der Waals surface area contributed by atoms with Gasteiger partial charge < -0.3 is 24.8 Å². The normalized spacial score (nSPS) is 16.0. The Kier molecular flexibility index (Phi) is 9.19. The number of benzene rings is 1. The Hall–Kier alpha value is -3.69. The standard InChI is InChI=1S/C32H43N5O4/c1-8-12-23-13-10-11-14-25(23)33-21-24-20-26-34-22(3)27(28(30(38)39)41-31(4,5)6)29(37(26)35-24)36-17-15-32(7,16-18-36)40-19-9-2/h8-11,13-14,20,28,33H,1-2,12,15-19,21H2,3-7H3,(H,38,39). The Bertz CT molecular complexity index is 1400. The van der Waals surface area contributed by atoms with E-state index in [0.29, 0.717) is 49.0 Å². The van der Waals surface area contributed by atoms with Gasteiger partial charge in [0.1, 0.15) is 5.82 Å². The molecule has 0 amide bonds. The van der Waals surface area contributed by atoms with Gasteiger partial charge >= 0.3 is 5.97 Å². The van der Waals surface area contributed by atoms with E-state index in [4.69, 9.17) is 19.6 Å². The molecule has 0 aliphatic carbocycles. The van der Waals surface area contributed by atoms with Gasteiger partial charge in [-0.3, -0.25) is 0 Å². The Balaban J connectivity index is 1.76. The van der Waals surface area contributed by atoms with Crippen molar-refractivity contribution in [2.75, 3.05) is 29.9 Å². The molecule has 9 nitrogen and oxygen atoms in total. The van der Waals surface area contributed by atoms with Crippen LogP contribution in [0.1, 0.15) is 69.2 Å². The summed E-state index contributed by atoms with van der Waals surface area (Å²) < 4.78 is 14.0. The number of aliphatic carboxylic acids is 1. The van der Waals surface area contributed by atoms with Gasteiger partial charge in [0.15, 0.2) is 11.8 Å². The molecule has 0 saturated carbocycles. The zero-order valence-electron chi connectivity index (χ0n) is 24.9. The number of hydrogen-bond acceptors (Lipinski definition) is 7. The van der Waals surface area contributed by atoms with Gasteiger partial charge in [0.2, 0.25) is 0 Å². The van der Waals surface area contributed by atoms with E-state index in [-0.39, 0.29) is 5.60 Å². The summed E-state index contributed by atoms with van der Waals surface area (Å²) in [5.74, 6) is -0.359. The predicted molar refractivity (Wildman–Crippen MR) is 163 cm³/mol. The molecule has 1 aliphatic heterocycles. The van der Waals surface area contributed by atoms with Crippen LogP contribution in [0.4, 0.5) is 11.5 Å². The number of nitrogens with one attached hydrogen (secondary N) is 1. The molecule has 0 bridgehead atoms. The Morgan fingerprint density at radius 2 is 1.93 bits per heavy atom. The topological polar surface area (TPSA) is 101 Å². The minimum atomic E-state index is -1.20. The fraction of sp³-hybridized carbons (Fsp3) is 0.469. The highest BCUT2D eigenvalue weighted by atomic mass is 16.5. The van der Waals surface area contributed by atoms with Crippen molar-refractivity contribution in [2.45, 2.75) is 77.7 Å². The predicted octanol–water partition coefficient (Wildman–Crippen LogP) is 5.88. The molecular formula is C32H43N5O4. The molecular weight excluding hydrogens is 518 g/mol. The maximum atomic E-state index is 12.6. The first-order valence-electron chi connectivity index (χ1n) is 14.2. The summed E-state index contributed by atoms with van der Waals surface area (Å²) in [4.78, 5) is 19.6. The van der Waals surface area contributed by atoms with Crippen LogP contribution in [0.2, 0.25) is 0 Å². The number of carboxylic acids is 1. The van der Waals surface area contributed by atoms with E-state index >= 15 is 0 Å². The van der Waals surface area contributed by atoms with Crippen molar-refractivity contribution >= 4 is 23.1 Å². The van der Waals surface area contributed by atoms with E-state index in [9.17, 15) is 9.90 Å². The number of rotatable bonds is 12. The fourth-order valence-electron chi connectivity index (χ4n) is 5.25. The van der Waals surface area contributed by atoms with Gasteiger partial charge in [-0.1, -0.05) is 30.4 Å². The van der Waals surface area contributed by atoms with E-state index in [2.05, 4.69) is 36.4 Å². The highest BCUT2D eigenvalue weighted by molar-refractivity contribution is 5.78. The van der Waals surface area contributed by atoms with Crippen LogP contribution in [0.5, 0.6) is 0 Å². The van der Waals surface area contributed by atoms with Crippen molar-refractivity contribution in [3.63, 3.8) is 0 Å². The third-order valence-electron chi connectivity index (χ3n) is 7.32. The van der Waals surface area contributed by atoms with E-state index < -0.39 is 17.7 Å². The summed E-state index contributed by atoms with van der Waals surface area (Å²) >= 11 is 0. The molecule has 41 heavy (non-hydrogen) atoms. The van der Waals surface area contributed by atoms with Crippen LogP contribution in [-0.2, 0) is 27.2 Å². The quantitative estimate of drug-likeness (QED) is 0.264. The molecule has 9 heteroatoms. The minimum absolute atomic E-state index is 0.280. The first kappa shape index (κ1) is 30.3. The number of piperidine rings is 1. The number of fused-ring (bicyclic) bond motifs is 1. The zero-order chi connectivity index (χ0) is 29.8. The lowest BCUT2D eigenvalue weighted by Crippen LogP contribution is -2.45. The molecule has 4 rings (SSSR count). The minimum Gasteiger partial charge on any atom is -0.479 e. The number of nitrogens with zero attached hydrogens (tertiary/aromatic N) is 4. The highest BCUT2D eigenvalue weighted by Gasteiger charge is 2.37. The number of carbonyl (C=O) groups is 1. The number of hydrogen-bond donors (Lipinski definition) is 2. The molecule has 0 radical (unpaired) electrons. The van der Waals surface area contributed by atoms with Crippen LogP contribution in [0.25, 0.3) is 5.65 Å². The van der Waals surface area contributed by atoms with Crippen molar-refractivity contribution in [3.05, 3.63) is 78.2 Å². The molecule has 220 valence electrons. The van der Waals surface area contributed by atoms with E-state index in [0.717, 1.165) is 36.2 Å². The van der Waals surface area contributed by atoms with Gasteiger partial charge in [0.25, 0.3) is 0 Å². The summed E-state index contributed by atoms with van der Waals surface area (Å²) in [5.41, 5.74) is 3.80. The zero-order valence-corrected chi connectivity index (χ0v) is 24.9. The van der Waals surface area contributed by atoms with Crippen LogP contribution < -0.4 is 10.2 Å². The van der Waals surface area contributed by atoms with Gasteiger partial charge in [0.05, 0.1) is 35.6 Å². The maximum absolute atomic E-state index is 12.6. The molecule has 2 N–H and O–H groups in total. The highest BCUT2D eigenvalue weighted by Crippen LogP contribution is 2.37. The third-order valence-corrected chi connectivity index (χ3v) is 7.32. The van der Waals surface area contributed by atoms with Crippen molar-refractivity contribution in [1.82, 2.24) is 14.6 Å². The lowest BCUT2D eigenvalue weighted by Gasteiger charge is -2.41. The SMILES string of the molecule is C=CCOC1(C)CCN(c2c(C(OC(C)(C)C)C(=O)O)c(C)nc3cc(CNc4ccccc4CC=C)nn23)CC1. The second kappa shape index (κ2) is 12.4. The summed E-state index contributed by atoms with van der Waals surface area (Å²) in [7, 11) is 0. The van der Waals surface area contributed by atoms with Gasteiger partial charge in [-0.15, -0.1) is 13.2 Å². The van der Waals surface area contributed by atoms with Gasteiger partial charge in [-0.25, -0.2) is 9.78 Å². The summed E-state index contributed by atoms with van der Waals surface area (Å²) in [6.07, 6.45) is 4.76. The number of para-hydroxylation sites is 1. The molecule has 0 spiro atoms. The first-order valence-corrected chi connectivity index (χ1v) is 14.2. The molecule has 3 aromatic rings. The smallest absolute Gasteiger partial charge is 0.337 e. The van der Waals surface area contributed by atoms with Crippen LogP contribution >= 0.6 is 0 Å². The Labute approximate surface area is 242 Å². The number of aryl methyl sites for hydroxylation is 1. The Morgan fingerprint density at radius 1 is 1.22 bits per heavy atom. The molecule has 3 heterocycles. The molecule has 1 unspecified atom stereocenters. The van der Waals surface area contributed by atoms with Crippen molar-refractivity contribution in [2.24, 2.45) is 0 Å². The van der Waals surface area contributed by atoms with E-state index in [1.54, 1.807) is 10.6 Å². The van der Waals surface area contributed by atoms with Gasteiger partial charge in [-0.05, 0) is 65.5 Å². The monoisotopic (exact) mass is 561 g/mol. The second-order valence-electron chi connectivity index (χ2n) is 11.8. The molecule has 1 aromatic carbocycles. The van der Waals surface area contributed by atoms with E-state index in [1.807, 2.05) is 58.0 Å². The first-order chi connectivity index (χ1) is 19.4. The van der Waals surface area contributed by atoms with Crippen LogP contribution in [0.3, 0.4) is 0 Å². The maximum Gasteiger partial charge on any atom is 0.337 e. The lowest BCUT2D eigenvalue weighted by molar-refractivity contribution is -0.160. The summed E-state index contributed by atoms with van der Waals surface area (Å²) in [6.45, 7) is 19.5. The number of ether oxygens (including phenoxy) is 2. The summed E-state index contributed by atoms with van der Waals surface area (Å²) in [6, 6.07) is 10.1. The largest absolute Gasteiger partial charge is 0.479 e. The Morgan fingerprint density at radius 3 is 2.56 bits per heavy atom. The summed E-state index contributed by atoms with van der Waals surface area (Å²) in [5, 5.41) is 18.8. The molecule has 1 saturated heterocycles. The fourth-order valence-corrected chi connectivity index (χ4v) is 5.25. The van der Waals surface area contributed by atoms with Crippen molar-refractivity contribution < 1.29 is 19.4 Å². The third kappa shape index (κ3) is 7.15. The molecule has 1 aliphatic rings. The second-order valence-corrected chi connectivity index (χ2v) is 11.8. The van der Waals surface area contributed by atoms with Crippen LogP contribution in [-0.4, -0.2) is 56.6 Å². The van der Waals surface area contributed by atoms with Gasteiger partial charge in [-0.2, -0.15) is 9.61 Å². The molecule has 1 atom stereocenters. The molecule has 1 fully saturated rings.